The van der Waals surface area contributed by atoms with Crippen molar-refractivity contribution in [3.63, 3.8) is 0 Å². The van der Waals surface area contributed by atoms with E-state index in [1.54, 1.807) is 11.3 Å². The van der Waals surface area contributed by atoms with Crippen molar-refractivity contribution in [2.75, 3.05) is 32.8 Å². The third kappa shape index (κ3) is 2.79. The molecule has 0 amide bonds. The van der Waals surface area contributed by atoms with Crippen LogP contribution in [-0.2, 0) is 4.74 Å². The van der Waals surface area contributed by atoms with Gasteiger partial charge in [0.05, 0.1) is 23.0 Å². The van der Waals surface area contributed by atoms with E-state index in [1.807, 2.05) is 0 Å². The lowest BCUT2D eigenvalue weighted by Gasteiger charge is -2.33. The Labute approximate surface area is 102 Å². The Morgan fingerprint density at radius 3 is 2.73 bits per heavy atom. The van der Waals surface area contributed by atoms with Crippen molar-refractivity contribution in [3.8, 4) is 0 Å². The van der Waals surface area contributed by atoms with Gasteiger partial charge in [-0.05, 0) is 28.1 Å². The fourth-order valence-electron chi connectivity index (χ4n) is 1.84. The molecule has 2 N–H and O–H groups in total. The first kappa shape index (κ1) is 11.5. The molecule has 1 aliphatic rings. The second kappa shape index (κ2) is 5.41. The van der Waals surface area contributed by atoms with Crippen molar-refractivity contribution in [2.45, 2.75) is 6.04 Å². The number of ether oxygens (including phenoxy) is 1. The minimum absolute atomic E-state index is 0.352. The van der Waals surface area contributed by atoms with Crippen LogP contribution in [0, 0.1) is 0 Å². The zero-order valence-corrected chi connectivity index (χ0v) is 10.9. The summed E-state index contributed by atoms with van der Waals surface area (Å²) in [7, 11) is 0. The maximum Gasteiger partial charge on any atom is 0.0702 e. The molecule has 3 nitrogen and oxygen atoms in total. The van der Waals surface area contributed by atoms with Crippen LogP contribution < -0.4 is 5.73 Å². The quantitative estimate of drug-likeness (QED) is 0.923. The molecule has 0 radical (unpaired) electrons. The molecule has 0 saturated carbocycles. The van der Waals surface area contributed by atoms with E-state index in [0.717, 1.165) is 26.3 Å². The van der Waals surface area contributed by atoms with E-state index >= 15 is 0 Å². The summed E-state index contributed by atoms with van der Waals surface area (Å²) in [5.41, 5.74) is 5.85. The molecule has 2 rings (SSSR count). The van der Waals surface area contributed by atoms with E-state index in [0.29, 0.717) is 12.6 Å². The highest BCUT2D eigenvalue weighted by Gasteiger charge is 2.22. The second-order valence-electron chi connectivity index (χ2n) is 3.54. The molecule has 1 aliphatic heterocycles. The minimum Gasteiger partial charge on any atom is -0.379 e. The number of halogens is 1. The van der Waals surface area contributed by atoms with Gasteiger partial charge in [0.15, 0.2) is 0 Å². The van der Waals surface area contributed by atoms with Crippen LogP contribution in [0.5, 0.6) is 0 Å². The van der Waals surface area contributed by atoms with Crippen LogP contribution in [-0.4, -0.2) is 37.7 Å². The topological polar surface area (TPSA) is 38.5 Å². The summed E-state index contributed by atoms with van der Waals surface area (Å²) in [5, 5.41) is 0. The van der Waals surface area contributed by atoms with Crippen molar-refractivity contribution in [2.24, 2.45) is 5.73 Å². The summed E-state index contributed by atoms with van der Waals surface area (Å²) in [5.74, 6) is 0. The van der Waals surface area contributed by atoms with Crippen molar-refractivity contribution >= 4 is 27.3 Å². The van der Waals surface area contributed by atoms with Crippen molar-refractivity contribution in [1.82, 2.24) is 4.90 Å². The lowest BCUT2D eigenvalue weighted by atomic mass is 10.2. The molecule has 2 heterocycles. The highest BCUT2D eigenvalue weighted by atomic mass is 79.9. The van der Waals surface area contributed by atoms with Gasteiger partial charge in [0.25, 0.3) is 0 Å². The van der Waals surface area contributed by atoms with Gasteiger partial charge in [-0.1, -0.05) is 0 Å². The number of morpholine rings is 1. The zero-order valence-electron chi connectivity index (χ0n) is 8.49. The number of nitrogens with zero attached hydrogens (tertiary/aromatic N) is 1. The molecule has 1 fully saturated rings. The van der Waals surface area contributed by atoms with Crippen molar-refractivity contribution in [3.05, 3.63) is 20.8 Å². The fraction of sp³-hybridized carbons (Fsp3) is 0.600. The molecule has 0 aliphatic carbocycles. The summed E-state index contributed by atoms with van der Waals surface area (Å²) in [4.78, 5) is 3.74. The monoisotopic (exact) mass is 290 g/mol. The molecular weight excluding hydrogens is 276 g/mol. The van der Waals surface area contributed by atoms with Gasteiger partial charge in [-0.25, -0.2) is 0 Å². The minimum atomic E-state index is 0.352. The number of hydrogen-bond acceptors (Lipinski definition) is 4. The average molecular weight is 291 g/mol. The third-order valence-corrected chi connectivity index (χ3v) is 4.36. The first-order valence-corrected chi connectivity index (χ1v) is 6.69. The molecule has 1 unspecified atom stereocenters. The van der Waals surface area contributed by atoms with Gasteiger partial charge in [-0.3, -0.25) is 4.90 Å². The van der Waals surface area contributed by atoms with Crippen LogP contribution in [0.15, 0.2) is 15.9 Å². The van der Waals surface area contributed by atoms with E-state index in [4.69, 9.17) is 10.5 Å². The van der Waals surface area contributed by atoms with E-state index in [2.05, 4.69) is 33.0 Å². The molecule has 1 aromatic heterocycles. The lowest BCUT2D eigenvalue weighted by molar-refractivity contribution is 0.0186. The van der Waals surface area contributed by atoms with Gasteiger partial charge < -0.3 is 10.5 Å². The first-order chi connectivity index (χ1) is 7.31. The van der Waals surface area contributed by atoms with E-state index in [1.165, 1.54) is 8.66 Å². The summed E-state index contributed by atoms with van der Waals surface area (Å²) in [6.07, 6.45) is 0. The Morgan fingerprint density at radius 2 is 2.20 bits per heavy atom. The Hall–Kier alpha value is 0.0600. The molecule has 0 spiro atoms. The normalized spacial score (nSPS) is 20.4. The van der Waals surface area contributed by atoms with Crippen LogP contribution in [0.2, 0.25) is 0 Å². The Morgan fingerprint density at radius 1 is 1.47 bits per heavy atom. The van der Waals surface area contributed by atoms with Crippen LogP contribution in [0.3, 0.4) is 0 Å². The molecule has 1 atom stereocenters. The molecule has 0 aromatic carbocycles. The Balaban J connectivity index is 2.08. The molecule has 5 heteroatoms. The van der Waals surface area contributed by atoms with Crippen LogP contribution in [0.1, 0.15) is 10.9 Å². The van der Waals surface area contributed by atoms with Gasteiger partial charge in [-0.15, -0.1) is 11.3 Å². The van der Waals surface area contributed by atoms with Crippen LogP contribution in [0.4, 0.5) is 0 Å². The highest BCUT2D eigenvalue weighted by Crippen LogP contribution is 2.30. The second-order valence-corrected chi connectivity index (χ2v) is 6.04. The molecule has 15 heavy (non-hydrogen) atoms. The van der Waals surface area contributed by atoms with Gasteiger partial charge in [0.1, 0.15) is 0 Å². The highest BCUT2D eigenvalue weighted by molar-refractivity contribution is 9.11. The summed E-state index contributed by atoms with van der Waals surface area (Å²) in [6, 6.07) is 4.59. The number of thiophene rings is 1. The zero-order chi connectivity index (χ0) is 10.7. The maximum absolute atomic E-state index is 5.85. The summed E-state index contributed by atoms with van der Waals surface area (Å²) < 4.78 is 6.52. The van der Waals surface area contributed by atoms with Crippen molar-refractivity contribution < 1.29 is 4.74 Å². The summed E-state index contributed by atoms with van der Waals surface area (Å²) in [6.45, 7) is 4.29. The molecule has 84 valence electrons. The number of hydrogen-bond donors (Lipinski definition) is 1. The van der Waals surface area contributed by atoms with E-state index in [9.17, 15) is 0 Å². The predicted molar refractivity (Wildman–Crippen MR) is 66.2 cm³/mol. The lowest BCUT2D eigenvalue weighted by Crippen LogP contribution is -2.41. The van der Waals surface area contributed by atoms with E-state index < -0.39 is 0 Å². The number of rotatable bonds is 3. The standard InChI is InChI=1S/C10H15BrN2OS/c11-10-2-1-9(15-10)8(7-12)13-3-5-14-6-4-13/h1-2,8H,3-7,12H2. The summed E-state index contributed by atoms with van der Waals surface area (Å²) >= 11 is 5.26. The Kier molecular flexibility index (Phi) is 4.16. The van der Waals surface area contributed by atoms with Crippen molar-refractivity contribution in [1.29, 1.82) is 0 Å². The predicted octanol–water partition coefficient (Wildman–Crippen LogP) is 1.84. The molecule has 0 bridgehead atoms. The van der Waals surface area contributed by atoms with Gasteiger partial charge >= 0.3 is 0 Å². The molecular formula is C10H15BrN2OS. The smallest absolute Gasteiger partial charge is 0.0702 e. The first-order valence-electron chi connectivity index (χ1n) is 5.08. The van der Waals surface area contributed by atoms with E-state index in [-0.39, 0.29) is 0 Å². The third-order valence-electron chi connectivity index (χ3n) is 2.63. The Bertz CT molecular complexity index is 312. The maximum atomic E-state index is 5.85. The largest absolute Gasteiger partial charge is 0.379 e. The van der Waals surface area contributed by atoms with Crippen LogP contribution in [0.25, 0.3) is 0 Å². The van der Waals surface area contributed by atoms with Gasteiger partial charge in [-0.2, -0.15) is 0 Å². The van der Waals surface area contributed by atoms with Gasteiger partial charge in [0.2, 0.25) is 0 Å². The van der Waals surface area contributed by atoms with Crippen LogP contribution >= 0.6 is 27.3 Å². The average Bonchev–Trinajstić information content (AvgIpc) is 2.68. The molecule has 1 saturated heterocycles. The fourth-order valence-corrected chi connectivity index (χ4v) is 3.41. The molecule has 1 aromatic rings. The SMILES string of the molecule is NCC(c1ccc(Br)s1)N1CCOCC1. The number of nitrogens with two attached hydrogens (primary N) is 1. The van der Waals surface area contributed by atoms with Gasteiger partial charge in [0, 0.05) is 24.5 Å².